The van der Waals surface area contributed by atoms with E-state index in [0.717, 1.165) is 29.6 Å². The van der Waals surface area contributed by atoms with Crippen LogP contribution in [0, 0.1) is 0 Å². The van der Waals surface area contributed by atoms with Crippen LogP contribution in [0.5, 0.6) is 5.75 Å². The number of methoxy groups -OCH3 is 1. The van der Waals surface area contributed by atoms with Gasteiger partial charge < -0.3 is 4.74 Å². The molecule has 0 radical (unpaired) electrons. The van der Waals surface area contributed by atoms with Crippen molar-refractivity contribution in [1.82, 2.24) is 24.1 Å². The van der Waals surface area contributed by atoms with Crippen LogP contribution in [0.4, 0.5) is 0 Å². The van der Waals surface area contributed by atoms with Crippen molar-refractivity contribution in [3.8, 4) is 11.4 Å². The Morgan fingerprint density at radius 2 is 1.80 bits per heavy atom. The Morgan fingerprint density at radius 1 is 1.00 bits per heavy atom. The zero-order valence-corrected chi connectivity index (χ0v) is 16.9. The molecule has 3 aromatic heterocycles. The number of ether oxygens (including phenoxy) is 1. The average Bonchev–Trinajstić information content (AvgIpc) is 3.11. The van der Waals surface area contributed by atoms with Crippen molar-refractivity contribution in [2.75, 3.05) is 7.11 Å². The molecule has 0 aliphatic heterocycles. The smallest absolute Gasteiger partial charge is 0.265 e. The predicted octanol–water partition coefficient (Wildman–Crippen LogP) is 4.09. The number of nitrogens with zero attached hydrogens (tertiary/aromatic N) is 5. The Bertz CT molecular complexity index is 1450. The first-order valence-corrected chi connectivity index (χ1v) is 10.0. The molecule has 150 valence electrons. The summed E-state index contributed by atoms with van der Waals surface area (Å²) in [6, 6.07) is 15.3. The second kappa shape index (κ2) is 7.26. The third-order valence-corrected chi connectivity index (χ3v) is 5.29. The zero-order valence-electron chi connectivity index (χ0n) is 16.9. The minimum absolute atomic E-state index is 0.0929. The lowest BCUT2D eigenvalue weighted by Gasteiger charge is -2.09. The largest absolute Gasteiger partial charge is 0.497 e. The molecule has 0 fully saturated rings. The Morgan fingerprint density at radius 3 is 2.57 bits per heavy atom. The quantitative estimate of drug-likeness (QED) is 0.445. The van der Waals surface area contributed by atoms with Crippen molar-refractivity contribution >= 4 is 33.2 Å². The van der Waals surface area contributed by atoms with Gasteiger partial charge in [-0.2, -0.15) is 0 Å². The van der Waals surface area contributed by atoms with Crippen LogP contribution in [0.1, 0.15) is 19.8 Å². The van der Waals surface area contributed by atoms with Crippen molar-refractivity contribution < 1.29 is 4.74 Å². The van der Waals surface area contributed by atoms with Crippen molar-refractivity contribution in [2.45, 2.75) is 26.3 Å². The van der Waals surface area contributed by atoms with Crippen LogP contribution in [0.15, 0.2) is 59.7 Å². The molecular weight excluding hydrogens is 378 g/mol. The van der Waals surface area contributed by atoms with Gasteiger partial charge in [0.1, 0.15) is 16.7 Å². The highest BCUT2D eigenvalue weighted by Gasteiger charge is 2.21. The van der Waals surface area contributed by atoms with Crippen LogP contribution in [-0.4, -0.2) is 31.2 Å². The van der Waals surface area contributed by atoms with Crippen LogP contribution in [0.2, 0.25) is 0 Å². The summed E-state index contributed by atoms with van der Waals surface area (Å²) >= 11 is 0. The van der Waals surface area contributed by atoms with E-state index in [4.69, 9.17) is 14.7 Å². The van der Waals surface area contributed by atoms with E-state index in [1.54, 1.807) is 18.0 Å². The molecule has 0 unspecified atom stereocenters. The summed E-state index contributed by atoms with van der Waals surface area (Å²) in [5, 5.41) is 0.490. The maximum absolute atomic E-state index is 13.4. The molecule has 0 aliphatic rings. The van der Waals surface area contributed by atoms with Gasteiger partial charge in [0.25, 0.3) is 5.56 Å². The van der Waals surface area contributed by atoms with Gasteiger partial charge in [0.05, 0.1) is 30.2 Å². The molecule has 0 saturated heterocycles. The Balaban J connectivity index is 1.92. The first-order valence-electron chi connectivity index (χ1n) is 10.0. The van der Waals surface area contributed by atoms with Crippen LogP contribution < -0.4 is 10.3 Å². The first-order chi connectivity index (χ1) is 14.7. The van der Waals surface area contributed by atoms with Crippen molar-refractivity contribution in [2.24, 2.45) is 0 Å². The molecule has 0 spiro atoms. The summed E-state index contributed by atoms with van der Waals surface area (Å²) in [6.45, 7) is 2.73. The Kier molecular flexibility index (Phi) is 4.43. The van der Waals surface area contributed by atoms with Gasteiger partial charge in [-0.1, -0.05) is 31.5 Å². The third kappa shape index (κ3) is 2.82. The number of unbranched alkanes of at least 4 members (excludes halogenated alkanes) is 1. The fourth-order valence-electron chi connectivity index (χ4n) is 3.75. The van der Waals surface area contributed by atoms with Crippen LogP contribution in [0.25, 0.3) is 38.9 Å². The van der Waals surface area contributed by atoms with Crippen molar-refractivity contribution in [3.63, 3.8) is 0 Å². The molecule has 30 heavy (non-hydrogen) atoms. The van der Waals surface area contributed by atoms with Crippen LogP contribution in [0.3, 0.4) is 0 Å². The molecule has 2 aromatic carbocycles. The molecule has 3 heterocycles. The number of hydrogen-bond acceptors (Lipinski definition) is 5. The Hall–Kier alpha value is -3.74. The summed E-state index contributed by atoms with van der Waals surface area (Å²) < 4.78 is 8.95. The maximum Gasteiger partial charge on any atom is 0.265 e. The van der Waals surface area contributed by atoms with Gasteiger partial charge in [0.15, 0.2) is 11.3 Å². The highest BCUT2D eigenvalue weighted by molar-refractivity contribution is 6.05. The Labute approximate surface area is 172 Å². The molecule has 0 bridgehead atoms. The normalized spacial score (nSPS) is 11.5. The highest BCUT2D eigenvalue weighted by atomic mass is 16.5. The van der Waals surface area contributed by atoms with E-state index in [1.807, 2.05) is 53.1 Å². The van der Waals surface area contributed by atoms with E-state index in [0.29, 0.717) is 34.5 Å². The summed E-state index contributed by atoms with van der Waals surface area (Å²) in [5.41, 5.74) is 3.96. The molecule has 0 amide bonds. The lowest BCUT2D eigenvalue weighted by molar-refractivity contribution is 0.414. The second-order valence-corrected chi connectivity index (χ2v) is 7.22. The maximum atomic E-state index is 13.4. The number of fused-ring (bicyclic) bond motifs is 4. The number of benzene rings is 2. The van der Waals surface area contributed by atoms with Gasteiger partial charge in [0, 0.05) is 12.6 Å². The van der Waals surface area contributed by atoms with Gasteiger partial charge in [0.2, 0.25) is 0 Å². The predicted molar refractivity (Wildman–Crippen MR) is 117 cm³/mol. The number of rotatable bonds is 5. The number of aryl methyl sites for hydroxylation is 1. The average molecular weight is 399 g/mol. The zero-order chi connectivity index (χ0) is 20.7. The molecular formula is C23H21N5O2. The standard InChI is InChI=1S/C23H21N5O2/c1-3-4-12-27-14-24-21-19(23(27)29)20-22(26-18-11-6-5-10-17(18)25-20)28(21)15-8-7-9-16(13-15)30-2/h5-11,13-14H,3-4,12H2,1-2H3. The summed E-state index contributed by atoms with van der Waals surface area (Å²) in [4.78, 5) is 27.7. The second-order valence-electron chi connectivity index (χ2n) is 7.22. The fourth-order valence-corrected chi connectivity index (χ4v) is 3.75. The van der Waals surface area contributed by atoms with Gasteiger partial charge >= 0.3 is 0 Å². The molecule has 5 aromatic rings. The lowest BCUT2D eigenvalue weighted by atomic mass is 10.3. The molecule has 7 nitrogen and oxygen atoms in total. The number of aromatic nitrogens is 5. The number of hydrogen-bond donors (Lipinski definition) is 0. The van der Waals surface area contributed by atoms with Gasteiger partial charge in [-0.15, -0.1) is 0 Å². The summed E-state index contributed by atoms with van der Waals surface area (Å²) in [6.07, 6.45) is 3.53. The van der Waals surface area contributed by atoms with Crippen LogP contribution >= 0.6 is 0 Å². The van der Waals surface area contributed by atoms with Crippen molar-refractivity contribution in [1.29, 1.82) is 0 Å². The third-order valence-electron chi connectivity index (χ3n) is 5.29. The molecule has 0 N–H and O–H groups in total. The van der Waals surface area contributed by atoms with Crippen LogP contribution in [-0.2, 0) is 6.54 Å². The van der Waals surface area contributed by atoms with E-state index >= 15 is 0 Å². The molecule has 7 heteroatoms. The molecule has 0 saturated carbocycles. The monoisotopic (exact) mass is 399 g/mol. The topological polar surface area (TPSA) is 74.8 Å². The van der Waals surface area contributed by atoms with Gasteiger partial charge in [-0.25, -0.2) is 15.0 Å². The van der Waals surface area contributed by atoms with E-state index in [2.05, 4.69) is 11.9 Å². The summed E-state index contributed by atoms with van der Waals surface area (Å²) in [7, 11) is 1.63. The van der Waals surface area contributed by atoms with Gasteiger partial charge in [-0.05, 0) is 30.7 Å². The minimum atomic E-state index is -0.0929. The summed E-state index contributed by atoms with van der Waals surface area (Å²) in [5.74, 6) is 0.715. The van der Waals surface area contributed by atoms with E-state index in [9.17, 15) is 4.79 Å². The van der Waals surface area contributed by atoms with E-state index in [-0.39, 0.29) is 5.56 Å². The van der Waals surface area contributed by atoms with E-state index in [1.165, 1.54) is 0 Å². The van der Waals surface area contributed by atoms with E-state index < -0.39 is 0 Å². The SMILES string of the molecule is CCCCn1cnc2c(c1=O)c1nc3ccccc3nc1n2-c1cccc(OC)c1. The van der Waals surface area contributed by atoms with Gasteiger partial charge in [-0.3, -0.25) is 13.9 Å². The number of para-hydroxylation sites is 2. The molecule has 0 aliphatic carbocycles. The first kappa shape index (κ1) is 18.3. The molecule has 5 rings (SSSR count). The van der Waals surface area contributed by atoms with Crippen molar-refractivity contribution in [3.05, 3.63) is 65.2 Å². The lowest BCUT2D eigenvalue weighted by Crippen LogP contribution is -2.20. The highest BCUT2D eigenvalue weighted by Crippen LogP contribution is 2.29. The molecule has 0 atom stereocenters. The minimum Gasteiger partial charge on any atom is -0.497 e. The fraction of sp³-hybridized carbons (Fsp3) is 0.217.